The van der Waals surface area contributed by atoms with Crippen LogP contribution in [0.3, 0.4) is 0 Å². The molecule has 1 aromatic heterocycles. The number of ether oxygens (including phenoxy) is 2. The minimum atomic E-state index is -0.318. The van der Waals surface area contributed by atoms with Gasteiger partial charge in [-0.25, -0.2) is 4.39 Å². The molecule has 3 aromatic rings. The molecule has 6 nitrogen and oxygen atoms in total. The topological polar surface area (TPSA) is 65.4 Å². The average molecular weight is 462 g/mol. The SMILES string of the molecule is CCOc1ccc(C(=O)Nc2nn(Cc3ccc(F)cc3)cc2Br)cc1OCC. The first-order chi connectivity index (χ1) is 14.0. The molecule has 2 aromatic carbocycles. The van der Waals surface area contributed by atoms with Gasteiger partial charge in [-0.05, 0) is 65.7 Å². The second kappa shape index (κ2) is 9.56. The first-order valence-corrected chi connectivity index (χ1v) is 9.97. The summed E-state index contributed by atoms with van der Waals surface area (Å²) in [5.74, 6) is 0.898. The van der Waals surface area contributed by atoms with Crippen LogP contribution in [0.15, 0.2) is 53.1 Å². The molecule has 0 aliphatic carbocycles. The van der Waals surface area contributed by atoms with Gasteiger partial charge in [0.05, 0.1) is 24.2 Å². The van der Waals surface area contributed by atoms with Gasteiger partial charge in [-0.2, -0.15) is 5.10 Å². The summed E-state index contributed by atoms with van der Waals surface area (Å²) in [5, 5.41) is 7.18. The molecular weight excluding hydrogens is 441 g/mol. The van der Waals surface area contributed by atoms with Crippen LogP contribution in [0.25, 0.3) is 0 Å². The molecule has 0 unspecified atom stereocenters. The summed E-state index contributed by atoms with van der Waals surface area (Å²) in [6, 6.07) is 11.2. The summed E-state index contributed by atoms with van der Waals surface area (Å²) in [5.41, 5.74) is 1.32. The molecule has 0 radical (unpaired) electrons. The van der Waals surface area contributed by atoms with Crippen molar-refractivity contribution in [1.29, 1.82) is 0 Å². The molecule has 3 rings (SSSR count). The smallest absolute Gasteiger partial charge is 0.257 e. The maximum atomic E-state index is 13.0. The lowest BCUT2D eigenvalue weighted by Gasteiger charge is -2.12. The number of halogens is 2. The fraction of sp³-hybridized carbons (Fsp3) is 0.238. The van der Waals surface area contributed by atoms with Gasteiger partial charge in [0.1, 0.15) is 5.82 Å². The number of rotatable bonds is 8. The van der Waals surface area contributed by atoms with Crippen LogP contribution in [0, 0.1) is 5.82 Å². The van der Waals surface area contributed by atoms with Gasteiger partial charge in [-0.3, -0.25) is 9.48 Å². The van der Waals surface area contributed by atoms with Crippen LogP contribution in [0.5, 0.6) is 11.5 Å². The van der Waals surface area contributed by atoms with Crippen molar-refractivity contribution in [3.05, 3.63) is 70.1 Å². The average Bonchev–Trinajstić information content (AvgIpc) is 3.04. The van der Waals surface area contributed by atoms with Gasteiger partial charge in [0.15, 0.2) is 17.3 Å². The molecule has 0 atom stereocenters. The van der Waals surface area contributed by atoms with E-state index in [0.29, 0.717) is 47.1 Å². The quantitative estimate of drug-likeness (QED) is 0.518. The Morgan fingerprint density at radius 3 is 2.48 bits per heavy atom. The highest BCUT2D eigenvalue weighted by atomic mass is 79.9. The molecule has 0 saturated heterocycles. The van der Waals surface area contributed by atoms with Gasteiger partial charge < -0.3 is 14.8 Å². The molecule has 1 N–H and O–H groups in total. The molecule has 1 heterocycles. The monoisotopic (exact) mass is 461 g/mol. The molecule has 8 heteroatoms. The summed E-state index contributed by atoms with van der Waals surface area (Å²) in [6.45, 7) is 5.17. The van der Waals surface area contributed by atoms with E-state index >= 15 is 0 Å². The van der Waals surface area contributed by atoms with E-state index in [9.17, 15) is 9.18 Å². The van der Waals surface area contributed by atoms with Gasteiger partial charge >= 0.3 is 0 Å². The minimum absolute atomic E-state index is 0.287. The summed E-state index contributed by atoms with van der Waals surface area (Å²) >= 11 is 3.41. The number of aromatic nitrogens is 2. The van der Waals surface area contributed by atoms with Crippen LogP contribution >= 0.6 is 15.9 Å². The molecule has 0 saturated carbocycles. The Morgan fingerprint density at radius 1 is 1.10 bits per heavy atom. The Morgan fingerprint density at radius 2 is 1.79 bits per heavy atom. The lowest BCUT2D eigenvalue weighted by Crippen LogP contribution is -2.13. The van der Waals surface area contributed by atoms with Gasteiger partial charge in [0.2, 0.25) is 0 Å². The number of carbonyl (C=O) groups is 1. The van der Waals surface area contributed by atoms with Crippen LogP contribution < -0.4 is 14.8 Å². The van der Waals surface area contributed by atoms with Crippen LogP contribution in [-0.2, 0) is 6.54 Å². The second-order valence-electron chi connectivity index (χ2n) is 6.13. The van der Waals surface area contributed by atoms with Crippen LogP contribution in [0.1, 0.15) is 29.8 Å². The zero-order valence-corrected chi connectivity index (χ0v) is 17.7. The number of carbonyl (C=O) groups excluding carboxylic acids is 1. The number of hydrogen-bond donors (Lipinski definition) is 1. The zero-order valence-electron chi connectivity index (χ0n) is 16.1. The Kier molecular flexibility index (Phi) is 6.87. The van der Waals surface area contributed by atoms with E-state index in [1.165, 1.54) is 12.1 Å². The standard InChI is InChI=1S/C21H21BrFN3O3/c1-3-28-18-10-7-15(11-19(18)29-4-2)21(27)24-20-17(22)13-26(25-20)12-14-5-8-16(23)9-6-14/h5-11,13H,3-4,12H2,1-2H3,(H,24,25,27). The molecule has 152 valence electrons. The molecule has 29 heavy (non-hydrogen) atoms. The fourth-order valence-corrected chi connectivity index (χ4v) is 3.13. The Labute approximate surface area is 176 Å². The lowest BCUT2D eigenvalue weighted by atomic mass is 10.2. The Hall–Kier alpha value is -2.87. The highest BCUT2D eigenvalue weighted by Crippen LogP contribution is 2.29. The number of benzene rings is 2. The summed E-state index contributed by atoms with van der Waals surface area (Å²) < 4.78 is 26.5. The molecule has 0 aliphatic rings. The van der Waals surface area contributed by atoms with Crippen molar-refractivity contribution in [3.8, 4) is 11.5 Å². The Bertz CT molecular complexity index is 989. The molecule has 0 aliphatic heterocycles. The van der Waals surface area contributed by atoms with Crippen molar-refractivity contribution in [1.82, 2.24) is 9.78 Å². The third kappa shape index (κ3) is 5.35. The summed E-state index contributed by atoms with van der Waals surface area (Å²) in [7, 11) is 0. The van der Waals surface area contributed by atoms with Gasteiger partial charge in [-0.15, -0.1) is 0 Å². The third-order valence-electron chi connectivity index (χ3n) is 4.01. The maximum Gasteiger partial charge on any atom is 0.257 e. The van der Waals surface area contributed by atoms with E-state index in [1.807, 2.05) is 13.8 Å². The highest BCUT2D eigenvalue weighted by molar-refractivity contribution is 9.10. The number of anilines is 1. The van der Waals surface area contributed by atoms with E-state index < -0.39 is 0 Å². The van der Waals surface area contributed by atoms with Gasteiger partial charge in [0, 0.05) is 11.8 Å². The first kappa shape index (κ1) is 20.9. The summed E-state index contributed by atoms with van der Waals surface area (Å²) in [6.07, 6.45) is 1.75. The van der Waals surface area contributed by atoms with E-state index in [4.69, 9.17) is 9.47 Å². The first-order valence-electron chi connectivity index (χ1n) is 9.18. The van der Waals surface area contributed by atoms with Crippen LogP contribution in [0.2, 0.25) is 0 Å². The third-order valence-corrected chi connectivity index (χ3v) is 4.59. The largest absolute Gasteiger partial charge is 0.490 e. The Balaban J connectivity index is 1.74. The molecular formula is C21H21BrFN3O3. The van der Waals surface area contributed by atoms with Crippen molar-refractivity contribution in [2.24, 2.45) is 0 Å². The van der Waals surface area contributed by atoms with E-state index in [2.05, 4.69) is 26.3 Å². The van der Waals surface area contributed by atoms with Crippen molar-refractivity contribution in [2.75, 3.05) is 18.5 Å². The van der Waals surface area contributed by atoms with Crippen LogP contribution in [0.4, 0.5) is 10.2 Å². The number of hydrogen-bond acceptors (Lipinski definition) is 4. The number of nitrogens with one attached hydrogen (secondary N) is 1. The van der Waals surface area contributed by atoms with Gasteiger partial charge in [-0.1, -0.05) is 12.1 Å². The molecule has 1 amide bonds. The van der Waals surface area contributed by atoms with Gasteiger partial charge in [0.25, 0.3) is 5.91 Å². The van der Waals surface area contributed by atoms with E-state index in [0.717, 1.165) is 5.56 Å². The maximum absolute atomic E-state index is 13.0. The van der Waals surface area contributed by atoms with Crippen molar-refractivity contribution in [2.45, 2.75) is 20.4 Å². The minimum Gasteiger partial charge on any atom is -0.490 e. The van der Waals surface area contributed by atoms with Crippen molar-refractivity contribution < 1.29 is 18.7 Å². The molecule has 0 bridgehead atoms. The summed E-state index contributed by atoms with van der Waals surface area (Å²) in [4.78, 5) is 12.7. The number of amides is 1. The lowest BCUT2D eigenvalue weighted by molar-refractivity contribution is 0.102. The molecule has 0 fully saturated rings. The predicted molar refractivity (Wildman–Crippen MR) is 112 cm³/mol. The molecule has 0 spiro atoms. The number of nitrogens with zero attached hydrogens (tertiary/aromatic N) is 2. The van der Waals surface area contributed by atoms with Crippen LogP contribution in [-0.4, -0.2) is 28.9 Å². The van der Waals surface area contributed by atoms with Crippen molar-refractivity contribution in [3.63, 3.8) is 0 Å². The fourth-order valence-electron chi connectivity index (χ4n) is 2.71. The highest BCUT2D eigenvalue weighted by Gasteiger charge is 2.15. The zero-order chi connectivity index (χ0) is 20.8. The second-order valence-corrected chi connectivity index (χ2v) is 6.99. The predicted octanol–water partition coefficient (Wildman–Crippen LogP) is 4.88. The van der Waals surface area contributed by atoms with Crippen molar-refractivity contribution >= 4 is 27.7 Å². The normalized spacial score (nSPS) is 10.6. The van der Waals surface area contributed by atoms with E-state index in [-0.39, 0.29) is 11.7 Å². The van der Waals surface area contributed by atoms with E-state index in [1.54, 1.807) is 41.2 Å².